The van der Waals surface area contributed by atoms with Gasteiger partial charge < -0.3 is 5.32 Å². The molecule has 0 bridgehead atoms. The Labute approximate surface area is 178 Å². The molecule has 3 aromatic rings. The Bertz CT molecular complexity index is 1070. The molecule has 1 fully saturated rings. The lowest BCUT2D eigenvalue weighted by atomic mass is 10.0. The fraction of sp³-hybridized carbons (Fsp3) is 0.458. The Morgan fingerprint density at radius 3 is 2.67 bits per heavy atom. The number of carbonyl (C=O) groups excluding carboxylic acids is 1. The van der Waals surface area contributed by atoms with Crippen LogP contribution in [0.2, 0.25) is 0 Å². The molecule has 1 unspecified atom stereocenters. The van der Waals surface area contributed by atoms with Gasteiger partial charge in [-0.3, -0.25) is 9.69 Å². The zero-order valence-corrected chi connectivity index (χ0v) is 18.5. The van der Waals surface area contributed by atoms with Gasteiger partial charge in [-0.2, -0.15) is 5.10 Å². The zero-order chi connectivity index (χ0) is 21.4. The number of hydrogen-bond acceptors (Lipinski definition) is 4. The summed E-state index contributed by atoms with van der Waals surface area (Å²) in [5.74, 6) is -0.0726. The number of rotatable bonds is 7. The predicted molar refractivity (Wildman–Crippen MR) is 121 cm³/mol. The molecule has 1 aromatic carbocycles. The van der Waals surface area contributed by atoms with Crippen molar-refractivity contribution >= 4 is 16.9 Å². The van der Waals surface area contributed by atoms with Gasteiger partial charge in [0, 0.05) is 30.2 Å². The topological polar surface area (TPSA) is 63.1 Å². The molecule has 4 rings (SSSR count). The number of pyridine rings is 1. The van der Waals surface area contributed by atoms with Gasteiger partial charge in [-0.1, -0.05) is 24.3 Å². The number of aryl methyl sites for hydroxylation is 1. The van der Waals surface area contributed by atoms with Crippen LogP contribution in [0.4, 0.5) is 0 Å². The molecule has 1 aliphatic rings. The largest absolute Gasteiger partial charge is 0.350 e. The molecule has 1 N–H and O–H groups in total. The van der Waals surface area contributed by atoms with Crippen LogP contribution in [0.3, 0.4) is 0 Å². The van der Waals surface area contributed by atoms with Crippen molar-refractivity contribution in [3.05, 3.63) is 47.7 Å². The first-order chi connectivity index (χ1) is 14.4. The van der Waals surface area contributed by atoms with E-state index in [2.05, 4.69) is 56.1 Å². The summed E-state index contributed by atoms with van der Waals surface area (Å²) in [4.78, 5) is 20.5. The highest BCUT2D eigenvalue weighted by Gasteiger charge is 2.29. The summed E-state index contributed by atoms with van der Waals surface area (Å²) in [7, 11) is 2.14. The number of fused-ring (bicyclic) bond motifs is 1. The predicted octanol–water partition coefficient (Wildman–Crippen LogP) is 4.20. The molecule has 2 aromatic heterocycles. The molecule has 0 spiro atoms. The van der Waals surface area contributed by atoms with Gasteiger partial charge in [-0.05, 0) is 59.2 Å². The molecule has 1 aliphatic carbocycles. The van der Waals surface area contributed by atoms with Gasteiger partial charge in [0.25, 0.3) is 5.91 Å². The Hall–Kier alpha value is -2.73. The van der Waals surface area contributed by atoms with Crippen LogP contribution in [0.1, 0.15) is 55.6 Å². The summed E-state index contributed by atoms with van der Waals surface area (Å²) in [5, 5.41) is 8.45. The quantitative estimate of drug-likeness (QED) is 0.640. The van der Waals surface area contributed by atoms with Crippen molar-refractivity contribution in [2.24, 2.45) is 0 Å². The molecule has 30 heavy (non-hydrogen) atoms. The second kappa shape index (κ2) is 8.19. The molecule has 2 heterocycles. The van der Waals surface area contributed by atoms with Gasteiger partial charge in [0.05, 0.1) is 22.8 Å². The monoisotopic (exact) mass is 405 g/mol. The van der Waals surface area contributed by atoms with E-state index in [1.165, 1.54) is 12.8 Å². The van der Waals surface area contributed by atoms with Crippen LogP contribution in [-0.2, 0) is 0 Å². The number of nitrogens with one attached hydrogen (secondary N) is 1. The fourth-order valence-corrected chi connectivity index (χ4v) is 3.90. The molecule has 1 saturated carbocycles. The smallest absolute Gasteiger partial charge is 0.252 e. The number of benzene rings is 1. The van der Waals surface area contributed by atoms with Crippen molar-refractivity contribution in [1.82, 2.24) is 25.0 Å². The van der Waals surface area contributed by atoms with E-state index in [0.29, 0.717) is 24.2 Å². The Balaban J connectivity index is 1.70. The van der Waals surface area contributed by atoms with E-state index in [4.69, 9.17) is 4.98 Å². The third-order valence-corrected chi connectivity index (χ3v) is 6.10. The van der Waals surface area contributed by atoms with Crippen molar-refractivity contribution < 1.29 is 4.79 Å². The SMILES string of the molecule is Cc1ccccc1-c1cc(C(=O)NCC(C)N(C)C2CC2)c2cnn(C(C)C)c2n1. The molecular formula is C24H31N5O. The minimum absolute atomic E-state index is 0.0726. The molecule has 6 nitrogen and oxygen atoms in total. The van der Waals surface area contributed by atoms with Gasteiger partial charge in [-0.25, -0.2) is 9.67 Å². The highest BCUT2D eigenvalue weighted by atomic mass is 16.1. The van der Waals surface area contributed by atoms with Gasteiger partial charge in [-0.15, -0.1) is 0 Å². The van der Waals surface area contributed by atoms with Crippen LogP contribution in [0.25, 0.3) is 22.3 Å². The number of carbonyl (C=O) groups is 1. The molecule has 0 saturated heterocycles. The second-order valence-electron chi connectivity index (χ2n) is 8.75. The van der Waals surface area contributed by atoms with E-state index in [1.54, 1.807) is 6.20 Å². The first-order valence-corrected chi connectivity index (χ1v) is 10.8. The molecule has 1 amide bonds. The molecule has 0 aliphatic heterocycles. The van der Waals surface area contributed by atoms with Crippen LogP contribution in [0.5, 0.6) is 0 Å². The summed E-state index contributed by atoms with van der Waals surface area (Å²) >= 11 is 0. The van der Waals surface area contributed by atoms with Crippen LogP contribution in [-0.4, -0.2) is 51.2 Å². The van der Waals surface area contributed by atoms with E-state index < -0.39 is 0 Å². The minimum atomic E-state index is -0.0726. The molecule has 0 radical (unpaired) electrons. The summed E-state index contributed by atoms with van der Waals surface area (Å²) in [6, 6.07) is 11.2. The van der Waals surface area contributed by atoms with Gasteiger partial charge in [0.2, 0.25) is 0 Å². The van der Waals surface area contributed by atoms with E-state index in [9.17, 15) is 4.79 Å². The van der Waals surface area contributed by atoms with Gasteiger partial charge >= 0.3 is 0 Å². The number of likely N-dealkylation sites (N-methyl/N-ethyl adjacent to an activating group) is 1. The van der Waals surface area contributed by atoms with Crippen molar-refractivity contribution in [2.75, 3.05) is 13.6 Å². The van der Waals surface area contributed by atoms with Crippen LogP contribution >= 0.6 is 0 Å². The van der Waals surface area contributed by atoms with Gasteiger partial charge in [0.15, 0.2) is 5.65 Å². The standard InChI is InChI=1S/C24H31N5O/c1-15(2)29-23-21(14-26-29)20(12-22(27-23)19-9-7-6-8-16(19)3)24(30)25-13-17(4)28(5)18-10-11-18/h6-9,12,14-15,17-18H,10-11,13H2,1-5H3,(H,25,30). The lowest BCUT2D eigenvalue weighted by molar-refractivity contribution is 0.0941. The fourth-order valence-electron chi connectivity index (χ4n) is 3.90. The van der Waals surface area contributed by atoms with Crippen molar-refractivity contribution in [3.8, 4) is 11.3 Å². The minimum Gasteiger partial charge on any atom is -0.350 e. The molecule has 1 atom stereocenters. The maximum absolute atomic E-state index is 13.2. The Morgan fingerprint density at radius 1 is 1.27 bits per heavy atom. The highest BCUT2D eigenvalue weighted by Crippen LogP contribution is 2.29. The summed E-state index contributed by atoms with van der Waals surface area (Å²) in [5.41, 5.74) is 4.35. The maximum atomic E-state index is 13.2. The average Bonchev–Trinajstić information content (AvgIpc) is 3.49. The highest BCUT2D eigenvalue weighted by molar-refractivity contribution is 6.06. The molecular weight excluding hydrogens is 374 g/mol. The molecule has 158 valence electrons. The van der Waals surface area contributed by atoms with Gasteiger partial charge in [0.1, 0.15) is 0 Å². The average molecular weight is 406 g/mol. The Kier molecular flexibility index (Phi) is 5.60. The Morgan fingerprint density at radius 2 is 2.00 bits per heavy atom. The van der Waals surface area contributed by atoms with E-state index >= 15 is 0 Å². The maximum Gasteiger partial charge on any atom is 0.252 e. The van der Waals surface area contributed by atoms with Crippen LogP contribution in [0, 0.1) is 6.92 Å². The van der Waals surface area contributed by atoms with Crippen molar-refractivity contribution in [2.45, 2.75) is 58.7 Å². The summed E-state index contributed by atoms with van der Waals surface area (Å²) < 4.78 is 1.89. The van der Waals surface area contributed by atoms with E-state index in [-0.39, 0.29) is 11.9 Å². The molecule has 6 heteroatoms. The number of hydrogen-bond donors (Lipinski definition) is 1. The van der Waals surface area contributed by atoms with Crippen LogP contribution < -0.4 is 5.32 Å². The zero-order valence-electron chi connectivity index (χ0n) is 18.5. The van der Waals surface area contributed by atoms with Crippen LogP contribution in [0.15, 0.2) is 36.5 Å². The second-order valence-corrected chi connectivity index (χ2v) is 8.75. The summed E-state index contributed by atoms with van der Waals surface area (Å²) in [6.45, 7) is 8.99. The lowest BCUT2D eigenvalue weighted by Gasteiger charge is -2.24. The summed E-state index contributed by atoms with van der Waals surface area (Å²) in [6.07, 6.45) is 4.28. The number of nitrogens with zero attached hydrogens (tertiary/aromatic N) is 4. The third kappa shape index (κ3) is 3.97. The number of aromatic nitrogens is 3. The van der Waals surface area contributed by atoms with E-state index in [1.807, 2.05) is 28.9 Å². The van der Waals surface area contributed by atoms with Crippen molar-refractivity contribution in [3.63, 3.8) is 0 Å². The lowest BCUT2D eigenvalue weighted by Crippen LogP contribution is -2.41. The first kappa shape index (κ1) is 20.5. The third-order valence-electron chi connectivity index (χ3n) is 6.10. The number of amides is 1. The van der Waals surface area contributed by atoms with E-state index in [0.717, 1.165) is 27.9 Å². The first-order valence-electron chi connectivity index (χ1n) is 10.8. The van der Waals surface area contributed by atoms with Crippen molar-refractivity contribution in [1.29, 1.82) is 0 Å². The normalized spacial score (nSPS) is 15.2.